The first kappa shape index (κ1) is 13.1. The van der Waals surface area contributed by atoms with Crippen LogP contribution in [0.3, 0.4) is 0 Å². The van der Waals surface area contributed by atoms with E-state index in [1.807, 2.05) is 19.1 Å². The number of carbonyl (C=O) groups is 1. The van der Waals surface area contributed by atoms with E-state index < -0.39 is 22.0 Å². The number of aliphatic carboxylic acids is 1. The van der Waals surface area contributed by atoms with E-state index in [2.05, 4.69) is 6.07 Å². The molecule has 98 valence electrons. The minimum Gasteiger partial charge on any atom is -0.489 e. The second kappa shape index (κ2) is 5.10. The van der Waals surface area contributed by atoms with Crippen LogP contribution in [0.25, 0.3) is 0 Å². The summed E-state index contributed by atoms with van der Waals surface area (Å²) in [5, 5.41) is 7.95. The Balaban J connectivity index is 2.00. The lowest BCUT2D eigenvalue weighted by atomic mass is 10.1. The fourth-order valence-corrected chi connectivity index (χ4v) is 3.05. The molecule has 0 spiro atoms. The standard InChI is InChI=1S/C13H16O4S/c1-8-3-4-12-10(5-8)6-11(17-12)7-18(16)9(2)13(14)15/h3-5,9,11H,6-7H2,1-2H3,(H,14,15). The molecule has 0 bridgehead atoms. The van der Waals surface area contributed by atoms with Crippen molar-refractivity contribution in [1.29, 1.82) is 0 Å². The molecule has 1 N–H and O–H groups in total. The summed E-state index contributed by atoms with van der Waals surface area (Å²) in [6.07, 6.45) is 0.527. The van der Waals surface area contributed by atoms with Gasteiger partial charge in [0.1, 0.15) is 17.1 Å². The van der Waals surface area contributed by atoms with Crippen molar-refractivity contribution in [3.05, 3.63) is 29.3 Å². The third-order valence-corrected chi connectivity index (χ3v) is 4.74. The highest BCUT2D eigenvalue weighted by molar-refractivity contribution is 7.86. The minimum absolute atomic E-state index is 0.176. The Morgan fingerprint density at radius 3 is 3.00 bits per heavy atom. The van der Waals surface area contributed by atoms with E-state index in [1.165, 1.54) is 6.92 Å². The minimum atomic E-state index is -1.40. The van der Waals surface area contributed by atoms with Crippen LogP contribution in [0.2, 0.25) is 0 Å². The van der Waals surface area contributed by atoms with Crippen LogP contribution in [0.5, 0.6) is 5.75 Å². The lowest BCUT2D eigenvalue weighted by Gasteiger charge is -2.12. The van der Waals surface area contributed by atoms with Gasteiger partial charge in [0, 0.05) is 17.2 Å². The zero-order valence-corrected chi connectivity index (χ0v) is 11.2. The van der Waals surface area contributed by atoms with Gasteiger partial charge in [0.05, 0.1) is 5.75 Å². The maximum absolute atomic E-state index is 11.8. The Bertz CT molecular complexity index is 498. The fourth-order valence-electron chi connectivity index (χ4n) is 1.98. The summed E-state index contributed by atoms with van der Waals surface area (Å²) in [5.41, 5.74) is 2.28. The van der Waals surface area contributed by atoms with Crippen molar-refractivity contribution in [2.45, 2.75) is 31.6 Å². The summed E-state index contributed by atoms with van der Waals surface area (Å²) in [6.45, 7) is 3.48. The summed E-state index contributed by atoms with van der Waals surface area (Å²) in [4.78, 5) is 10.7. The summed E-state index contributed by atoms with van der Waals surface area (Å²) < 4.78 is 17.5. The number of carboxylic acid groups (broad SMARTS) is 1. The topological polar surface area (TPSA) is 63.6 Å². The molecule has 1 heterocycles. The molecule has 0 saturated carbocycles. The van der Waals surface area contributed by atoms with Gasteiger partial charge in [-0.05, 0) is 25.5 Å². The monoisotopic (exact) mass is 268 g/mol. The average Bonchev–Trinajstić information content (AvgIpc) is 2.68. The molecule has 3 unspecified atom stereocenters. The number of carboxylic acids is 1. The van der Waals surface area contributed by atoms with Gasteiger partial charge in [0.2, 0.25) is 0 Å². The third-order valence-electron chi connectivity index (χ3n) is 3.05. The molecule has 18 heavy (non-hydrogen) atoms. The summed E-state index contributed by atoms with van der Waals surface area (Å²) >= 11 is 0. The van der Waals surface area contributed by atoms with Crippen molar-refractivity contribution in [2.75, 3.05) is 5.75 Å². The van der Waals surface area contributed by atoms with Crippen molar-refractivity contribution < 1.29 is 18.8 Å². The molecule has 1 aromatic rings. The van der Waals surface area contributed by atoms with Crippen LogP contribution in [0.15, 0.2) is 18.2 Å². The van der Waals surface area contributed by atoms with E-state index in [4.69, 9.17) is 9.84 Å². The van der Waals surface area contributed by atoms with Crippen LogP contribution < -0.4 is 4.74 Å². The highest BCUT2D eigenvalue weighted by atomic mass is 32.2. The predicted molar refractivity (Wildman–Crippen MR) is 69.4 cm³/mol. The zero-order valence-electron chi connectivity index (χ0n) is 10.4. The number of benzene rings is 1. The van der Waals surface area contributed by atoms with Crippen molar-refractivity contribution in [1.82, 2.24) is 0 Å². The number of ether oxygens (including phenoxy) is 1. The smallest absolute Gasteiger partial charge is 0.318 e. The quantitative estimate of drug-likeness (QED) is 0.899. The molecular weight excluding hydrogens is 252 g/mol. The Kier molecular flexibility index (Phi) is 3.71. The van der Waals surface area contributed by atoms with Crippen molar-refractivity contribution in [3.8, 4) is 5.75 Å². The van der Waals surface area contributed by atoms with Crippen molar-refractivity contribution in [3.63, 3.8) is 0 Å². The molecule has 0 aliphatic carbocycles. The number of rotatable bonds is 4. The van der Waals surface area contributed by atoms with Crippen LogP contribution in [0.4, 0.5) is 0 Å². The first-order valence-electron chi connectivity index (χ1n) is 5.83. The summed E-state index contributed by atoms with van der Waals surface area (Å²) in [5.74, 6) is 0.0616. The van der Waals surface area contributed by atoms with Crippen LogP contribution >= 0.6 is 0 Å². The molecule has 0 fully saturated rings. The second-order valence-electron chi connectivity index (χ2n) is 4.58. The van der Waals surface area contributed by atoms with Gasteiger partial charge in [-0.25, -0.2) is 0 Å². The van der Waals surface area contributed by atoms with Gasteiger partial charge in [0.25, 0.3) is 0 Å². The van der Waals surface area contributed by atoms with Crippen LogP contribution in [-0.2, 0) is 22.0 Å². The maximum Gasteiger partial charge on any atom is 0.318 e. The molecular formula is C13H16O4S. The molecule has 2 rings (SSSR count). The molecule has 0 amide bonds. The molecule has 0 aromatic heterocycles. The lowest BCUT2D eigenvalue weighted by Crippen LogP contribution is -2.30. The third kappa shape index (κ3) is 2.72. The Labute approximate surface area is 108 Å². The molecule has 1 aromatic carbocycles. The zero-order chi connectivity index (χ0) is 13.3. The highest BCUT2D eigenvalue weighted by Gasteiger charge is 2.28. The molecule has 1 aliphatic heterocycles. The van der Waals surface area contributed by atoms with Gasteiger partial charge < -0.3 is 9.84 Å². The number of aryl methyl sites for hydroxylation is 1. The largest absolute Gasteiger partial charge is 0.489 e. The fraction of sp³-hybridized carbons (Fsp3) is 0.462. The Morgan fingerprint density at radius 2 is 2.33 bits per heavy atom. The van der Waals surface area contributed by atoms with E-state index in [0.717, 1.165) is 16.9 Å². The second-order valence-corrected chi connectivity index (χ2v) is 6.38. The van der Waals surface area contributed by atoms with E-state index in [9.17, 15) is 9.00 Å². The average molecular weight is 268 g/mol. The van der Waals surface area contributed by atoms with E-state index in [0.29, 0.717) is 6.42 Å². The highest BCUT2D eigenvalue weighted by Crippen LogP contribution is 2.29. The summed E-state index contributed by atoms with van der Waals surface area (Å²) in [6, 6.07) is 5.94. The molecule has 0 saturated heterocycles. The van der Waals surface area contributed by atoms with Gasteiger partial charge >= 0.3 is 5.97 Å². The Hall–Kier alpha value is -1.36. The molecule has 1 aliphatic rings. The number of hydrogen-bond acceptors (Lipinski definition) is 3. The lowest BCUT2D eigenvalue weighted by molar-refractivity contribution is -0.136. The first-order valence-corrected chi connectivity index (χ1v) is 7.21. The van der Waals surface area contributed by atoms with Gasteiger partial charge in [-0.1, -0.05) is 17.7 Å². The maximum atomic E-state index is 11.8. The first-order chi connectivity index (χ1) is 8.47. The van der Waals surface area contributed by atoms with Gasteiger partial charge in [-0.2, -0.15) is 0 Å². The van der Waals surface area contributed by atoms with Crippen molar-refractivity contribution in [2.24, 2.45) is 0 Å². The van der Waals surface area contributed by atoms with E-state index in [1.54, 1.807) is 0 Å². The normalized spacial score (nSPS) is 20.9. The van der Waals surface area contributed by atoms with E-state index in [-0.39, 0.29) is 11.9 Å². The van der Waals surface area contributed by atoms with Crippen LogP contribution in [0.1, 0.15) is 18.1 Å². The SMILES string of the molecule is Cc1ccc2c(c1)CC(CS(=O)C(C)C(=O)O)O2. The predicted octanol–water partition coefficient (Wildman–Crippen LogP) is 1.52. The molecule has 5 heteroatoms. The number of fused-ring (bicyclic) bond motifs is 1. The molecule has 0 radical (unpaired) electrons. The Morgan fingerprint density at radius 1 is 1.61 bits per heavy atom. The van der Waals surface area contributed by atoms with Crippen LogP contribution in [0, 0.1) is 6.92 Å². The van der Waals surface area contributed by atoms with Gasteiger partial charge in [-0.3, -0.25) is 9.00 Å². The summed E-state index contributed by atoms with van der Waals surface area (Å²) in [7, 11) is -1.40. The van der Waals surface area contributed by atoms with Gasteiger partial charge in [-0.15, -0.1) is 0 Å². The van der Waals surface area contributed by atoms with Gasteiger partial charge in [0.15, 0.2) is 0 Å². The number of hydrogen-bond donors (Lipinski definition) is 1. The molecule has 4 nitrogen and oxygen atoms in total. The van der Waals surface area contributed by atoms with Crippen molar-refractivity contribution >= 4 is 16.8 Å². The molecule has 3 atom stereocenters. The van der Waals surface area contributed by atoms with Crippen LogP contribution in [-0.4, -0.2) is 32.4 Å². The van der Waals surface area contributed by atoms with E-state index >= 15 is 0 Å².